The lowest BCUT2D eigenvalue weighted by molar-refractivity contribution is -0.119. The molecule has 6 nitrogen and oxygen atoms in total. The van der Waals surface area contributed by atoms with Crippen molar-refractivity contribution in [2.24, 2.45) is 0 Å². The Balaban J connectivity index is 1.41. The molecule has 0 radical (unpaired) electrons. The van der Waals surface area contributed by atoms with E-state index in [0.29, 0.717) is 37.2 Å². The predicted molar refractivity (Wildman–Crippen MR) is 114 cm³/mol. The van der Waals surface area contributed by atoms with Gasteiger partial charge in [-0.05, 0) is 49.9 Å². The SMILES string of the molecule is CC12CCC(=O)N1c1ccccc1C(=O)N2CCC(=O)N1CCCc2ccccc21. The van der Waals surface area contributed by atoms with Crippen molar-refractivity contribution in [2.75, 3.05) is 22.9 Å². The summed E-state index contributed by atoms with van der Waals surface area (Å²) in [6.07, 6.45) is 3.14. The van der Waals surface area contributed by atoms with E-state index in [-0.39, 0.29) is 24.1 Å². The van der Waals surface area contributed by atoms with Crippen LogP contribution >= 0.6 is 0 Å². The molecule has 0 saturated carbocycles. The van der Waals surface area contributed by atoms with E-state index in [9.17, 15) is 14.4 Å². The molecular weight excluding hydrogens is 378 g/mol. The summed E-state index contributed by atoms with van der Waals surface area (Å²) in [5.74, 6) is -0.0575. The van der Waals surface area contributed by atoms with Crippen LogP contribution in [0.15, 0.2) is 48.5 Å². The molecular formula is C24H25N3O3. The topological polar surface area (TPSA) is 60.9 Å². The Morgan fingerprint density at radius 3 is 2.57 bits per heavy atom. The van der Waals surface area contributed by atoms with Crippen LogP contribution in [-0.4, -0.2) is 41.4 Å². The second-order valence-electron chi connectivity index (χ2n) is 8.45. The van der Waals surface area contributed by atoms with Crippen LogP contribution in [-0.2, 0) is 16.0 Å². The van der Waals surface area contributed by atoms with Crippen LogP contribution in [0.5, 0.6) is 0 Å². The zero-order valence-electron chi connectivity index (χ0n) is 17.1. The summed E-state index contributed by atoms with van der Waals surface area (Å²) in [5, 5.41) is 0. The zero-order valence-corrected chi connectivity index (χ0v) is 17.1. The molecule has 3 aliphatic heterocycles. The van der Waals surface area contributed by atoms with Gasteiger partial charge in [0.05, 0.1) is 11.3 Å². The summed E-state index contributed by atoms with van der Waals surface area (Å²) in [6, 6.07) is 15.3. The number of carbonyl (C=O) groups is 3. The van der Waals surface area contributed by atoms with Crippen LogP contribution < -0.4 is 9.80 Å². The molecule has 1 fully saturated rings. The van der Waals surface area contributed by atoms with Crippen molar-refractivity contribution in [1.29, 1.82) is 0 Å². The van der Waals surface area contributed by atoms with Crippen molar-refractivity contribution in [3.05, 3.63) is 59.7 Å². The molecule has 5 rings (SSSR count). The number of para-hydroxylation sites is 2. The van der Waals surface area contributed by atoms with Crippen LogP contribution in [0.1, 0.15) is 48.5 Å². The van der Waals surface area contributed by atoms with E-state index < -0.39 is 5.66 Å². The molecule has 154 valence electrons. The van der Waals surface area contributed by atoms with Crippen molar-refractivity contribution in [1.82, 2.24) is 4.90 Å². The summed E-state index contributed by atoms with van der Waals surface area (Å²) in [4.78, 5) is 44.4. The maximum atomic E-state index is 13.3. The summed E-state index contributed by atoms with van der Waals surface area (Å²) in [7, 11) is 0. The van der Waals surface area contributed by atoms with Gasteiger partial charge in [0.15, 0.2) is 0 Å². The molecule has 1 unspecified atom stereocenters. The van der Waals surface area contributed by atoms with Crippen molar-refractivity contribution in [3.8, 4) is 0 Å². The minimum absolute atomic E-state index is 0.0216. The highest BCUT2D eigenvalue weighted by Crippen LogP contribution is 2.44. The minimum atomic E-state index is -0.720. The largest absolute Gasteiger partial charge is 0.315 e. The Kier molecular flexibility index (Phi) is 4.38. The number of benzene rings is 2. The molecule has 0 aromatic heterocycles. The van der Waals surface area contributed by atoms with Crippen LogP contribution in [0.3, 0.4) is 0 Å². The number of anilines is 2. The van der Waals surface area contributed by atoms with E-state index in [1.165, 1.54) is 5.56 Å². The van der Waals surface area contributed by atoms with E-state index in [1.807, 2.05) is 48.2 Å². The molecule has 0 aliphatic carbocycles. The Bertz CT molecular complexity index is 1050. The molecule has 30 heavy (non-hydrogen) atoms. The van der Waals surface area contributed by atoms with Crippen LogP contribution in [0.4, 0.5) is 11.4 Å². The van der Waals surface area contributed by atoms with Gasteiger partial charge in [0.25, 0.3) is 5.91 Å². The molecule has 0 bridgehead atoms. The Labute approximate surface area is 176 Å². The fourth-order valence-corrected chi connectivity index (χ4v) is 5.18. The lowest BCUT2D eigenvalue weighted by Gasteiger charge is -2.48. The number of fused-ring (bicyclic) bond motifs is 4. The van der Waals surface area contributed by atoms with Gasteiger partial charge in [0, 0.05) is 31.6 Å². The summed E-state index contributed by atoms with van der Waals surface area (Å²) < 4.78 is 0. The molecule has 1 saturated heterocycles. The number of aryl methyl sites for hydroxylation is 1. The van der Waals surface area contributed by atoms with E-state index in [2.05, 4.69) is 6.07 Å². The first-order valence-corrected chi connectivity index (χ1v) is 10.6. The van der Waals surface area contributed by atoms with Gasteiger partial charge in [-0.2, -0.15) is 0 Å². The van der Waals surface area contributed by atoms with E-state index in [1.54, 1.807) is 15.9 Å². The Morgan fingerprint density at radius 1 is 1.00 bits per heavy atom. The van der Waals surface area contributed by atoms with Gasteiger partial charge in [0.2, 0.25) is 11.8 Å². The monoisotopic (exact) mass is 403 g/mol. The minimum Gasteiger partial charge on any atom is -0.315 e. The first-order valence-electron chi connectivity index (χ1n) is 10.6. The van der Waals surface area contributed by atoms with Crippen molar-refractivity contribution < 1.29 is 14.4 Å². The highest BCUT2D eigenvalue weighted by atomic mass is 16.2. The lowest BCUT2D eigenvalue weighted by Crippen LogP contribution is -2.62. The van der Waals surface area contributed by atoms with E-state index in [0.717, 1.165) is 18.5 Å². The molecule has 0 N–H and O–H groups in total. The molecule has 6 heteroatoms. The second kappa shape index (κ2) is 6.97. The summed E-state index contributed by atoms with van der Waals surface area (Å²) in [6.45, 7) is 2.94. The summed E-state index contributed by atoms with van der Waals surface area (Å²) in [5.41, 5.74) is 2.66. The average molecular weight is 403 g/mol. The van der Waals surface area contributed by atoms with Crippen LogP contribution in [0.25, 0.3) is 0 Å². The third kappa shape index (κ3) is 2.74. The maximum absolute atomic E-state index is 13.3. The smallest absolute Gasteiger partial charge is 0.257 e. The average Bonchev–Trinajstić information content (AvgIpc) is 3.08. The number of carbonyl (C=O) groups excluding carboxylic acids is 3. The van der Waals surface area contributed by atoms with E-state index >= 15 is 0 Å². The molecule has 0 spiro atoms. The lowest BCUT2D eigenvalue weighted by atomic mass is 9.97. The van der Waals surface area contributed by atoms with Crippen molar-refractivity contribution >= 4 is 29.1 Å². The molecule has 3 aliphatic rings. The zero-order chi connectivity index (χ0) is 20.9. The molecule has 3 amide bonds. The normalized spacial score (nSPS) is 22.6. The maximum Gasteiger partial charge on any atom is 0.257 e. The van der Waals surface area contributed by atoms with Crippen LogP contribution in [0, 0.1) is 0 Å². The number of hydrogen-bond donors (Lipinski definition) is 0. The standard InChI is InChI=1S/C24H25N3O3/c1-24-14-12-22(29)27(24)20-11-5-3-9-18(20)23(30)26(24)16-13-21(28)25-15-6-8-17-7-2-4-10-19(17)25/h2-5,7,9-11H,6,8,12-16H2,1H3. The quantitative estimate of drug-likeness (QED) is 0.790. The third-order valence-electron chi connectivity index (χ3n) is 6.71. The molecule has 2 aromatic carbocycles. The number of rotatable bonds is 3. The molecule has 3 heterocycles. The first-order chi connectivity index (χ1) is 14.5. The first kappa shape index (κ1) is 18.9. The van der Waals surface area contributed by atoms with Gasteiger partial charge >= 0.3 is 0 Å². The fraction of sp³-hybridized carbons (Fsp3) is 0.375. The van der Waals surface area contributed by atoms with E-state index in [4.69, 9.17) is 0 Å². The van der Waals surface area contributed by atoms with Crippen molar-refractivity contribution in [3.63, 3.8) is 0 Å². The number of hydrogen-bond acceptors (Lipinski definition) is 3. The second-order valence-corrected chi connectivity index (χ2v) is 8.45. The predicted octanol–water partition coefficient (Wildman–Crippen LogP) is 3.35. The van der Waals surface area contributed by atoms with Gasteiger partial charge in [-0.15, -0.1) is 0 Å². The Morgan fingerprint density at radius 2 is 1.73 bits per heavy atom. The van der Waals surface area contributed by atoms with Gasteiger partial charge in [-0.1, -0.05) is 30.3 Å². The van der Waals surface area contributed by atoms with Crippen LogP contribution in [0.2, 0.25) is 0 Å². The fourth-order valence-electron chi connectivity index (χ4n) is 5.18. The van der Waals surface area contributed by atoms with Crippen molar-refractivity contribution in [2.45, 2.75) is 44.7 Å². The molecule has 2 aromatic rings. The number of amides is 3. The number of nitrogens with zero attached hydrogens (tertiary/aromatic N) is 3. The van der Waals surface area contributed by atoms with Gasteiger partial charge in [-0.25, -0.2) is 0 Å². The van der Waals surface area contributed by atoms with Gasteiger partial charge in [0.1, 0.15) is 5.66 Å². The van der Waals surface area contributed by atoms with Gasteiger partial charge in [-0.3, -0.25) is 19.3 Å². The Hall–Kier alpha value is -3.15. The summed E-state index contributed by atoms with van der Waals surface area (Å²) >= 11 is 0. The highest BCUT2D eigenvalue weighted by molar-refractivity contribution is 6.10. The third-order valence-corrected chi connectivity index (χ3v) is 6.71. The van der Waals surface area contributed by atoms with Gasteiger partial charge < -0.3 is 9.80 Å². The highest BCUT2D eigenvalue weighted by Gasteiger charge is 2.52. The molecule has 1 atom stereocenters.